The second kappa shape index (κ2) is 4.88. The van der Waals surface area contributed by atoms with Gasteiger partial charge in [-0.25, -0.2) is 0 Å². The minimum absolute atomic E-state index is 0.261. The summed E-state index contributed by atoms with van der Waals surface area (Å²) in [6, 6.07) is 9.99. The molecule has 1 aliphatic rings. The summed E-state index contributed by atoms with van der Waals surface area (Å²) in [7, 11) is 0. The minimum Gasteiger partial charge on any atom is -0.465 e. The van der Waals surface area contributed by atoms with Gasteiger partial charge in [0.25, 0.3) is 0 Å². The quantitative estimate of drug-likeness (QED) is 0.810. The maximum absolute atomic E-state index is 11.5. The van der Waals surface area contributed by atoms with Gasteiger partial charge in [-0.1, -0.05) is 30.3 Å². The normalized spacial score (nSPS) is 23.2. The molecule has 2 atom stereocenters. The molecule has 1 aliphatic heterocycles. The molecule has 17 heavy (non-hydrogen) atoms. The number of rotatable bonds is 4. The van der Waals surface area contributed by atoms with Crippen LogP contribution in [0.25, 0.3) is 0 Å². The van der Waals surface area contributed by atoms with Crippen molar-refractivity contribution >= 4 is 5.97 Å². The second-order valence-corrected chi connectivity index (χ2v) is 4.85. The van der Waals surface area contributed by atoms with E-state index in [1.807, 2.05) is 30.3 Å². The highest BCUT2D eigenvalue weighted by Crippen LogP contribution is 2.30. The van der Waals surface area contributed by atoms with E-state index in [2.05, 4.69) is 0 Å². The summed E-state index contributed by atoms with van der Waals surface area (Å²) in [6.45, 7) is 2.16. The van der Waals surface area contributed by atoms with Crippen molar-refractivity contribution in [3.8, 4) is 0 Å². The molecule has 1 saturated heterocycles. The maximum Gasteiger partial charge on any atom is 0.311 e. The molecule has 1 heterocycles. The molecule has 1 N–H and O–H groups in total. The highest BCUT2D eigenvalue weighted by atomic mass is 16.5. The van der Waals surface area contributed by atoms with Crippen LogP contribution in [0.3, 0.4) is 0 Å². The fraction of sp³-hybridized carbons (Fsp3) is 0.500. The van der Waals surface area contributed by atoms with Crippen LogP contribution in [0.5, 0.6) is 0 Å². The van der Waals surface area contributed by atoms with Crippen LogP contribution in [0.1, 0.15) is 25.3 Å². The van der Waals surface area contributed by atoms with E-state index in [4.69, 9.17) is 4.74 Å². The lowest BCUT2D eigenvalue weighted by atomic mass is 9.83. The van der Waals surface area contributed by atoms with Crippen LogP contribution in [0.4, 0.5) is 0 Å². The predicted octanol–water partition coefficient (Wildman–Crippen LogP) is 1.93. The molecule has 3 heteroatoms. The lowest BCUT2D eigenvalue weighted by molar-refractivity contribution is -0.148. The monoisotopic (exact) mass is 234 g/mol. The van der Waals surface area contributed by atoms with Crippen LogP contribution in [0.2, 0.25) is 0 Å². The zero-order valence-electron chi connectivity index (χ0n) is 10.1. The van der Waals surface area contributed by atoms with Crippen molar-refractivity contribution in [1.29, 1.82) is 0 Å². The van der Waals surface area contributed by atoms with E-state index in [0.29, 0.717) is 19.4 Å². The third kappa shape index (κ3) is 2.86. The van der Waals surface area contributed by atoms with Crippen molar-refractivity contribution in [1.82, 2.24) is 0 Å². The zero-order chi connectivity index (χ0) is 12.3. The van der Waals surface area contributed by atoms with Crippen LogP contribution in [-0.2, 0) is 16.0 Å². The molecule has 1 aromatic carbocycles. The fourth-order valence-electron chi connectivity index (χ4n) is 2.28. The van der Waals surface area contributed by atoms with E-state index in [0.717, 1.165) is 6.42 Å². The van der Waals surface area contributed by atoms with E-state index in [1.54, 1.807) is 6.92 Å². The lowest BCUT2D eigenvalue weighted by Crippen LogP contribution is -2.37. The van der Waals surface area contributed by atoms with Crippen molar-refractivity contribution < 1.29 is 14.6 Å². The van der Waals surface area contributed by atoms with Gasteiger partial charge in [-0.15, -0.1) is 0 Å². The van der Waals surface area contributed by atoms with Gasteiger partial charge < -0.3 is 9.84 Å². The topological polar surface area (TPSA) is 46.5 Å². The Labute approximate surface area is 101 Å². The lowest BCUT2D eigenvalue weighted by Gasteiger charge is -2.27. The van der Waals surface area contributed by atoms with Crippen molar-refractivity contribution in [2.75, 3.05) is 6.61 Å². The summed E-state index contributed by atoms with van der Waals surface area (Å²) in [4.78, 5) is 11.5. The molecule has 0 saturated carbocycles. The molecular weight excluding hydrogens is 216 g/mol. The predicted molar refractivity (Wildman–Crippen MR) is 64.5 cm³/mol. The minimum atomic E-state index is -0.969. The first-order valence-electron chi connectivity index (χ1n) is 6.02. The summed E-state index contributed by atoms with van der Waals surface area (Å²) in [5, 5.41) is 10.3. The molecule has 0 aromatic heterocycles. The third-order valence-electron chi connectivity index (χ3n) is 3.45. The molecule has 92 valence electrons. The van der Waals surface area contributed by atoms with Gasteiger partial charge in [-0.3, -0.25) is 4.79 Å². The van der Waals surface area contributed by atoms with Crippen LogP contribution in [0, 0.1) is 5.92 Å². The Balaban J connectivity index is 1.95. The van der Waals surface area contributed by atoms with Gasteiger partial charge in [-0.2, -0.15) is 0 Å². The average molecular weight is 234 g/mol. The number of carbonyl (C=O) groups is 1. The number of aryl methyl sites for hydroxylation is 1. The Kier molecular flexibility index (Phi) is 3.48. The first-order chi connectivity index (χ1) is 8.09. The molecule has 0 bridgehead atoms. The molecule has 0 spiro atoms. The van der Waals surface area contributed by atoms with Crippen LogP contribution >= 0.6 is 0 Å². The van der Waals surface area contributed by atoms with Crippen molar-refractivity contribution in [2.24, 2.45) is 5.92 Å². The number of benzene rings is 1. The highest BCUT2D eigenvalue weighted by molar-refractivity contribution is 5.75. The second-order valence-electron chi connectivity index (χ2n) is 4.85. The summed E-state index contributed by atoms with van der Waals surface area (Å²) in [5.74, 6) is -0.630. The molecular formula is C14H18O3. The molecule has 2 unspecified atom stereocenters. The number of carbonyl (C=O) groups excluding carboxylic acids is 1. The maximum atomic E-state index is 11.5. The Morgan fingerprint density at radius 3 is 2.71 bits per heavy atom. The average Bonchev–Trinajstić information content (AvgIpc) is 2.75. The van der Waals surface area contributed by atoms with E-state index in [9.17, 15) is 9.90 Å². The first kappa shape index (κ1) is 12.1. The summed E-state index contributed by atoms with van der Waals surface area (Å²) in [5.41, 5.74) is 0.211. The number of cyclic esters (lactones) is 1. The van der Waals surface area contributed by atoms with Crippen molar-refractivity contribution in [3.05, 3.63) is 35.9 Å². The molecule has 0 aliphatic carbocycles. The molecule has 0 radical (unpaired) electrons. The van der Waals surface area contributed by atoms with E-state index >= 15 is 0 Å². The van der Waals surface area contributed by atoms with Gasteiger partial charge in [0.15, 0.2) is 0 Å². The van der Waals surface area contributed by atoms with Gasteiger partial charge in [0.05, 0.1) is 18.1 Å². The summed E-state index contributed by atoms with van der Waals surface area (Å²) < 4.78 is 4.90. The molecule has 0 amide bonds. The number of hydrogen-bond donors (Lipinski definition) is 1. The van der Waals surface area contributed by atoms with Crippen LogP contribution in [0.15, 0.2) is 30.3 Å². The van der Waals surface area contributed by atoms with Gasteiger partial charge in [0.2, 0.25) is 0 Å². The van der Waals surface area contributed by atoms with Gasteiger partial charge in [-0.05, 0) is 31.7 Å². The molecule has 2 rings (SSSR count). The zero-order valence-corrected chi connectivity index (χ0v) is 10.1. The van der Waals surface area contributed by atoms with Gasteiger partial charge in [0, 0.05) is 0 Å². The fourth-order valence-corrected chi connectivity index (χ4v) is 2.28. The standard InChI is InChI=1S/C14H18O3/c1-14(16,12-8-10-17-13(12)15)9-7-11-5-3-2-4-6-11/h2-6,12,16H,7-10H2,1H3. The Bertz CT molecular complexity index is 384. The first-order valence-corrected chi connectivity index (χ1v) is 6.02. The molecule has 3 nitrogen and oxygen atoms in total. The molecule has 1 fully saturated rings. The number of esters is 1. The van der Waals surface area contributed by atoms with Crippen LogP contribution in [-0.4, -0.2) is 23.3 Å². The number of hydrogen-bond acceptors (Lipinski definition) is 3. The van der Waals surface area contributed by atoms with Crippen molar-refractivity contribution in [2.45, 2.75) is 31.8 Å². The van der Waals surface area contributed by atoms with Gasteiger partial charge in [0.1, 0.15) is 0 Å². The largest absolute Gasteiger partial charge is 0.465 e. The van der Waals surface area contributed by atoms with E-state index < -0.39 is 5.60 Å². The van der Waals surface area contributed by atoms with Gasteiger partial charge >= 0.3 is 5.97 Å². The van der Waals surface area contributed by atoms with Crippen LogP contribution < -0.4 is 0 Å². The third-order valence-corrected chi connectivity index (χ3v) is 3.45. The number of aliphatic hydroxyl groups is 1. The summed E-state index contributed by atoms with van der Waals surface area (Å²) in [6.07, 6.45) is 1.98. The Hall–Kier alpha value is -1.35. The SMILES string of the molecule is CC(O)(CCc1ccccc1)C1CCOC1=O. The Morgan fingerprint density at radius 1 is 1.41 bits per heavy atom. The molecule has 1 aromatic rings. The highest BCUT2D eigenvalue weighted by Gasteiger charge is 2.41. The van der Waals surface area contributed by atoms with E-state index in [1.165, 1.54) is 5.56 Å². The smallest absolute Gasteiger partial charge is 0.311 e. The summed E-state index contributed by atoms with van der Waals surface area (Å²) >= 11 is 0. The van der Waals surface area contributed by atoms with E-state index in [-0.39, 0.29) is 11.9 Å². The van der Waals surface area contributed by atoms with Crippen molar-refractivity contribution in [3.63, 3.8) is 0 Å². The number of ether oxygens (including phenoxy) is 1. The Morgan fingerprint density at radius 2 is 2.12 bits per heavy atom.